The van der Waals surface area contributed by atoms with Crippen molar-refractivity contribution in [2.24, 2.45) is 11.3 Å². The Hall–Kier alpha value is -0.830. The van der Waals surface area contributed by atoms with Crippen LogP contribution in [-0.2, 0) is 0 Å². The molecule has 1 saturated carbocycles. The Labute approximate surface area is 122 Å². The van der Waals surface area contributed by atoms with Crippen molar-refractivity contribution >= 4 is 21.7 Å². The van der Waals surface area contributed by atoms with Gasteiger partial charge in [-0.15, -0.1) is 0 Å². The lowest BCUT2D eigenvalue weighted by Gasteiger charge is -2.38. The smallest absolute Gasteiger partial charge is 0.170 e. The van der Waals surface area contributed by atoms with E-state index in [1.807, 2.05) is 18.2 Å². The second-order valence-corrected chi connectivity index (χ2v) is 7.77. The molecular formula is C16H19BrO2. The first kappa shape index (κ1) is 13.2. The fourth-order valence-electron chi connectivity index (χ4n) is 3.88. The predicted molar refractivity (Wildman–Crippen MR) is 78.6 cm³/mol. The number of hydrogen-bond acceptors (Lipinski definition) is 2. The number of hydrogen-bond donors (Lipinski definition) is 0. The molecule has 1 aliphatic carbocycles. The highest BCUT2D eigenvalue weighted by Crippen LogP contribution is 2.53. The van der Waals surface area contributed by atoms with Gasteiger partial charge in [0, 0.05) is 4.47 Å². The highest BCUT2D eigenvalue weighted by atomic mass is 79.9. The lowest BCUT2D eigenvalue weighted by molar-refractivity contribution is 0.0138. The van der Waals surface area contributed by atoms with Gasteiger partial charge >= 0.3 is 0 Å². The van der Waals surface area contributed by atoms with Crippen LogP contribution in [0.1, 0.15) is 50.4 Å². The summed E-state index contributed by atoms with van der Waals surface area (Å²) >= 11 is 3.42. The number of carbonyl (C=O) groups is 1. The normalized spacial score (nSPS) is 32.2. The van der Waals surface area contributed by atoms with E-state index in [9.17, 15) is 4.79 Å². The fourth-order valence-corrected chi connectivity index (χ4v) is 4.24. The summed E-state index contributed by atoms with van der Waals surface area (Å²) in [6, 6.07) is 5.72. The molecule has 19 heavy (non-hydrogen) atoms. The summed E-state index contributed by atoms with van der Waals surface area (Å²) in [7, 11) is 0. The molecule has 2 nitrogen and oxygen atoms in total. The standard InChI is InChI=1S/C16H19BrO2/c1-10-7-15(2,3)9-16(10)8-13(18)12-6-11(17)4-5-14(12)19-16/h4-6,10H,7-9H2,1-3H3. The zero-order valence-corrected chi connectivity index (χ0v) is 13.2. The maximum Gasteiger partial charge on any atom is 0.170 e. The van der Waals surface area contributed by atoms with E-state index in [1.165, 1.54) is 0 Å². The quantitative estimate of drug-likeness (QED) is 0.697. The minimum absolute atomic E-state index is 0.215. The molecule has 1 aromatic rings. The molecule has 1 fully saturated rings. The molecule has 0 amide bonds. The maximum atomic E-state index is 12.5. The minimum Gasteiger partial charge on any atom is -0.486 e. The first-order valence-corrected chi connectivity index (χ1v) is 7.62. The van der Waals surface area contributed by atoms with Crippen LogP contribution < -0.4 is 4.74 Å². The largest absolute Gasteiger partial charge is 0.486 e. The second-order valence-electron chi connectivity index (χ2n) is 6.85. The van der Waals surface area contributed by atoms with Gasteiger partial charge in [0.2, 0.25) is 0 Å². The van der Waals surface area contributed by atoms with Crippen LogP contribution in [-0.4, -0.2) is 11.4 Å². The zero-order chi connectivity index (χ0) is 13.8. The van der Waals surface area contributed by atoms with Gasteiger partial charge in [0.25, 0.3) is 0 Å². The highest BCUT2D eigenvalue weighted by Gasteiger charge is 2.53. The van der Waals surface area contributed by atoms with E-state index < -0.39 is 0 Å². The van der Waals surface area contributed by atoms with Crippen molar-refractivity contribution < 1.29 is 9.53 Å². The number of Topliss-reactive ketones (excluding diaryl/α,β-unsaturated/α-hetero) is 1. The summed E-state index contributed by atoms with van der Waals surface area (Å²) in [5.41, 5.74) is 0.686. The summed E-state index contributed by atoms with van der Waals surface area (Å²) in [6.45, 7) is 6.75. The maximum absolute atomic E-state index is 12.5. The molecule has 0 aromatic heterocycles. The van der Waals surface area contributed by atoms with Crippen LogP contribution >= 0.6 is 15.9 Å². The Bertz CT molecular complexity index is 550. The number of halogens is 1. The van der Waals surface area contributed by atoms with Crippen molar-refractivity contribution in [1.82, 2.24) is 0 Å². The average molecular weight is 323 g/mol. The Kier molecular flexibility index (Phi) is 2.83. The minimum atomic E-state index is -0.290. The molecule has 0 radical (unpaired) electrons. The Balaban J connectivity index is 2.02. The summed E-state index contributed by atoms with van der Waals surface area (Å²) in [6.07, 6.45) is 2.59. The van der Waals surface area contributed by atoms with Gasteiger partial charge in [-0.05, 0) is 42.4 Å². The SMILES string of the molecule is CC1CC(C)(C)CC12CC(=O)c1cc(Br)ccc1O2. The van der Waals surface area contributed by atoms with E-state index >= 15 is 0 Å². The van der Waals surface area contributed by atoms with Crippen molar-refractivity contribution in [3.05, 3.63) is 28.2 Å². The van der Waals surface area contributed by atoms with Crippen LogP contribution in [0.2, 0.25) is 0 Å². The van der Waals surface area contributed by atoms with Crippen molar-refractivity contribution in [2.75, 3.05) is 0 Å². The predicted octanol–water partition coefficient (Wildman–Crippen LogP) is 4.61. The Morgan fingerprint density at radius 1 is 1.37 bits per heavy atom. The molecule has 3 heteroatoms. The van der Waals surface area contributed by atoms with Crippen LogP contribution in [0.3, 0.4) is 0 Å². The van der Waals surface area contributed by atoms with Gasteiger partial charge < -0.3 is 4.74 Å². The monoisotopic (exact) mass is 322 g/mol. The van der Waals surface area contributed by atoms with E-state index in [1.54, 1.807) is 0 Å². The van der Waals surface area contributed by atoms with Crippen LogP contribution in [0.15, 0.2) is 22.7 Å². The van der Waals surface area contributed by atoms with Crippen molar-refractivity contribution in [2.45, 2.75) is 45.6 Å². The fraction of sp³-hybridized carbons (Fsp3) is 0.562. The molecule has 0 saturated heterocycles. The molecule has 1 aromatic carbocycles. The lowest BCUT2D eigenvalue weighted by Crippen LogP contribution is -2.44. The molecular weight excluding hydrogens is 304 g/mol. The molecule has 1 aliphatic heterocycles. The van der Waals surface area contributed by atoms with Crippen molar-refractivity contribution in [1.29, 1.82) is 0 Å². The second kappa shape index (κ2) is 4.08. The molecule has 2 unspecified atom stereocenters. The molecule has 1 heterocycles. The third-order valence-corrected chi connectivity index (χ3v) is 5.04. The van der Waals surface area contributed by atoms with Gasteiger partial charge in [-0.25, -0.2) is 0 Å². The van der Waals surface area contributed by atoms with E-state index in [4.69, 9.17) is 4.74 Å². The van der Waals surface area contributed by atoms with Crippen LogP contribution in [0.5, 0.6) is 5.75 Å². The number of benzene rings is 1. The lowest BCUT2D eigenvalue weighted by atomic mass is 9.82. The topological polar surface area (TPSA) is 26.3 Å². The number of rotatable bonds is 0. The van der Waals surface area contributed by atoms with E-state index in [0.717, 1.165) is 28.6 Å². The molecule has 102 valence electrons. The van der Waals surface area contributed by atoms with Crippen molar-refractivity contribution in [3.63, 3.8) is 0 Å². The van der Waals surface area contributed by atoms with E-state index in [2.05, 4.69) is 36.7 Å². The number of ketones is 1. The third-order valence-electron chi connectivity index (χ3n) is 4.55. The van der Waals surface area contributed by atoms with Gasteiger partial charge in [0.05, 0.1) is 12.0 Å². The number of ether oxygens (including phenoxy) is 1. The van der Waals surface area contributed by atoms with Gasteiger partial charge in [-0.3, -0.25) is 4.79 Å². The molecule has 3 rings (SSSR count). The molecule has 2 atom stereocenters. The van der Waals surface area contributed by atoms with E-state index in [-0.39, 0.29) is 16.8 Å². The van der Waals surface area contributed by atoms with Gasteiger partial charge in [-0.1, -0.05) is 36.7 Å². The molecule has 0 bridgehead atoms. The molecule has 2 aliphatic rings. The number of carbonyl (C=O) groups excluding carboxylic acids is 1. The molecule has 0 N–H and O–H groups in total. The van der Waals surface area contributed by atoms with E-state index in [0.29, 0.717) is 12.3 Å². The Morgan fingerprint density at radius 3 is 2.74 bits per heavy atom. The third kappa shape index (κ3) is 2.12. The zero-order valence-electron chi connectivity index (χ0n) is 11.6. The van der Waals surface area contributed by atoms with Crippen LogP contribution in [0.25, 0.3) is 0 Å². The summed E-state index contributed by atoms with van der Waals surface area (Å²) in [4.78, 5) is 12.5. The summed E-state index contributed by atoms with van der Waals surface area (Å²) in [5, 5.41) is 0. The van der Waals surface area contributed by atoms with Gasteiger partial charge in [0.1, 0.15) is 11.4 Å². The van der Waals surface area contributed by atoms with Gasteiger partial charge in [-0.2, -0.15) is 0 Å². The average Bonchev–Trinajstić information content (AvgIpc) is 2.49. The first-order valence-electron chi connectivity index (χ1n) is 6.83. The highest BCUT2D eigenvalue weighted by molar-refractivity contribution is 9.10. The first-order chi connectivity index (χ1) is 8.81. The van der Waals surface area contributed by atoms with Crippen LogP contribution in [0, 0.1) is 11.3 Å². The van der Waals surface area contributed by atoms with Gasteiger partial charge in [0.15, 0.2) is 5.78 Å². The molecule has 1 spiro atoms. The Morgan fingerprint density at radius 2 is 2.11 bits per heavy atom. The number of fused-ring (bicyclic) bond motifs is 1. The summed E-state index contributed by atoms with van der Waals surface area (Å²) < 4.78 is 7.24. The van der Waals surface area contributed by atoms with Crippen molar-refractivity contribution in [3.8, 4) is 5.75 Å². The summed E-state index contributed by atoms with van der Waals surface area (Å²) in [5.74, 6) is 1.39. The van der Waals surface area contributed by atoms with Crippen LogP contribution in [0.4, 0.5) is 0 Å².